The number of hydrogen-bond acceptors (Lipinski definition) is 3. The fourth-order valence-electron chi connectivity index (χ4n) is 1.99. The molecule has 0 atom stereocenters. The Morgan fingerprint density at radius 1 is 1.40 bits per heavy atom. The largest absolute Gasteiger partial charge is 0.504 e. The van der Waals surface area contributed by atoms with E-state index in [0.717, 1.165) is 18.4 Å². The van der Waals surface area contributed by atoms with Crippen LogP contribution in [0.15, 0.2) is 12.1 Å². The highest BCUT2D eigenvalue weighted by Crippen LogP contribution is 2.36. The average molecular weight is 206 g/mol. The number of fused-ring (bicyclic) bond motifs is 1. The molecule has 0 amide bonds. The summed E-state index contributed by atoms with van der Waals surface area (Å²) in [6.07, 6.45) is 2.25. The first-order chi connectivity index (χ1) is 7.24. The maximum atomic E-state index is 11.6. The van der Waals surface area contributed by atoms with Gasteiger partial charge in [0.05, 0.1) is 6.61 Å². The quantitative estimate of drug-likeness (QED) is 0.807. The van der Waals surface area contributed by atoms with Gasteiger partial charge in [-0.15, -0.1) is 0 Å². The number of hydrogen-bond donors (Lipinski definition) is 1. The number of benzene rings is 1. The highest BCUT2D eigenvalue weighted by molar-refractivity contribution is 5.99. The van der Waals surface area contributed by atoms with E-state index in [9.17, 15) is 9.90 Å². The fraction of sp³-hybridized carbons (Fsp3) is 0.417. The molecule has 3 heteroatoms. The molecule has 0 aromatic heterocycles. The Hall–Kier alpha value is -1.51. The molecule has 80 valence electrons. The highest BCUT2D eigenvalue weighted by atomic mass is 16.5. The molecule has 0 radical (unpaired) electrons. The number of ether oxygens (including phenoxy) is 1. The molecule has 3 nitrogen and oxygen atoms in total. The second-order valence-corrected chi connectivity index (χ2v) is 3.65. The summed E-state index contributed by atoms with van der Waals surface area (Å²) in [5.74, 6) is 0.769. The lowest BCUT2D eigenvalue weighted by molar-refractivity contribution is 0.0971. The van der Waals surface area contributed by atoms with E-state index in [2.05, 4.69) is 0 Å². The lowest BCUT2D eigenvalue weighted by Gasteiger charge is -2.19. The van der Waals surface area contributed by atoms with Crippen LogP contribution in [-0.4, -0.2) is 17.5 Å². The van der Waals surface area contributed by atoms with Gasteiger partial charge in [0.15, 0.2) is 17.3 Å². The molecule has 1 aromatic rings. The summed E-state index contributed by atoms with van der Waals surface area (Å²) >= 11 is 0. The highest BCUT2D eigenvalue weighted by Gasteiger charge is 2.22. The Bertz CT molecular complexity index is 396. The van der Waals surface area contributed by atoms with Crippen LogP contribution in [0.1, 0.15) is 35.7 Å². The van der Waals surface area contributed by atoms with E-state index in [1.54, 1.807) is 6.07 Å². The standard InChI is InChI=1S/C12H14O3/c1-2-15-12-9-4-3-5-10(13)8(9)6-7-11(12)14/h6-7,14H,2-5H2,1H3. The van der Waals surface area contributed by atoms with Crippen molar-refractivity contribution < 1.29 is 14.6 Å². The molecule has 0 bridgehead atoms. The lowest BCUT2D eigenvalue weighted by Crippen LogP contribution is -2.12. The van der Waals surface area contributed by atoms with E-state index >= 15 is 0 Å². The number of carbonyl (C=O) groups excluding carboxylic acids is 1. The normalized spacial score (nSPS) is 14.9. The molecule has 2 rings (SSSR count). The second kappa shape index (κ2) is 3.93. The Labute approximate surface area is 88.7 Å². The number of ketones is 1. The van der Waals surface area contributed by atoms with Crippen molar-refractivity contribution in [1.29, 1.82) is 0 Å². The van der Waals surface area contributed by atoms with Gasteiger partial charge in [0.25, 0.3) is 0 Å². The Morgan fingerprint density at radius 3 is 2.93 bits per heavy atom. The van der Waals surface area contributed by atoms with Crippen molar-refractivity contribution in [1.82, 2.24) is 0 Å². The van der Waals surface area contributed by atoms with Crippen molar-refractivity contribution in [3.63, 3.8) is 0 Å². The first kappa shape index (κ1) is 10.0. The van der Waals surface area contributed by atoms with Gasteiger partial charge in [-0.05, 0) is 31.9 Å². The topological polar surface area (TPSA) is 46.5 Å². The van der Waals surface area contributed by atoms with E-state index in [4.69, 9.17) is 4.74 Å². The minimum Gasteiger partial charge on any atom is -0.504 e. The molecule has 15 heavy (non-hydrogen) atoms. The summed E-state index contributed by atoms with van der Waals surface area (Å²) < 4.78 is 5.38. The van der Waals surface area contributed by atoms with Gasteiger partial charge in [-0.1, -0.05) is 0 Å². The smallest absolute Gasteiger partial charge is 0.164 e. The molecule has 0 fully saturated rings. The first-order valence-corrected chi connectivity index (χ1v) is 5.25. The van der Waals surface area contributed by atoms with Crippen molar-refractivity contribution in [2.75, 3.05) is 6.61 Å². The maximum Gasteiger partial charge on any atom is 0.164 e. The summed E-state index contributed by atoms with van der Waals surface area (Å²) in [5.41, 5.74) is 1.58. The zero-order valence-electron chi connectivity index (χ0n) is 8.75. The van der Waals surface area contributed by atoms with Crippen LogP contribution in [0, 0.1) is 0 Å². The maximum absolute atomic E-state index is 11.6. The molecule has 0 heterocycles. The van der Waals surface area contributed by atoms with Gasteiger partial charge >= 0.3 is 0 Å². The number of phenols is 1. The summed E-state index contributed by atoms with van der Waals surface area (Å²) in [4.78, 5) is 11.6. The second-order valence-electron chi connectivity index (χ2n) is 3.65. The molecule has 1 aliphatic carbocycles. The molecule has 0 spiro atoms. The minimum absolute atomic E-state index is 0.130. The third kappa shape index (κ3) is 1.69. The Morgan fingerprint density at radius 2 is 2.20 bits per heavy atom. The molecule has 1 aliphatic rings. The summed E-state index contributed by atoms with van der Waals surface area (Å²) in [6, 6.07) is 3.22. The SMILES string of the molecule is CCOc1c(O)ccc2c1CCCC2=O. The summed E-state index contributed by atoms with van der Waals surface area (Å²) in [7, 11) is 0. The van der Waals surface area contributed by atoms with Gasteiger partial charge in [0.1, 0.15) is 0 Å². The Balaban J connectivity index is 2.53. The van der Waals surface area contributed by atoms with Crippen molar-refractivity contribution in [2.24, 2.45) is 0 Å². The van der Waals surface area contributed by atoms with E-state index in [-0.39, 0.29) is 11.5 Å². The van der Waals surface area contributed by atoms with Crippen LogP contribution in [0.2, 0.25) is 0 Å². The van der Waals surface area contributed by atoms with Gasteiger partial charge in [0, 0.05) is 17.5 Å². The summed E-state index contributed by atoms with van der Waals surface area (Å²) in [6.45, 7) is 2.36. The number of aromatic hydroxyl groups is 1. The van der Waals surface area contributed by atoms with Crippen molar-refractivity contribution >= 4 is 5.78 Å². The molecule has 0 saturated carbocycles. The number of carbonyl (C=O) groups is 1. The van der Waals surface area contributed by atoms with E-state index in [0.29, 0.717) is 24.3 Å². The zero-order valence-corrected chi connectivity index (χ0v) is 8.75. The van der Waals surface area contributed by atoms with Crippen LogP contribution >= 0.6 is 0 Å². The third-order valence-electron chi connectivity index (χ3n) is 2.66. The zero-order chi connectivity index (χ0) is 10.8. The molecular formula is C12H14O3. The van der Waals surface area contributed by atoms with Gasteiger partial charge in [-0.25, -0.2) is 0 Å². The minimum atomic E-state index is 0.130. The van der Waals surface area contributed by atoms with E-state index < -0.39 is 0 Å². The average Bonchev–Trinajstić information content (AvgIpc) is 2.23. The molecule has 1 N–H and O–H groups in total. The molecule has 0 saturated heterocycles. The number of rotatable bonds is 2. The van der Waals surface area contributed by atoms with Gasteiger partial charge < -0.3 is 9.84 Å². The van der Waals surface area contributed by atoms with Crippen LogP contribution in [-0.2, 0) is 6.42 Å². The Kier molecular flexibility index (Phi) is 2.62. The molecule has 1 aromatic carbocycles. The number of Topliss-reactive ketones (excluding diaryl/α,β-unsaturated/α-hetero) is 1. The molecule has 0 aliphatic heterocycles. The van der Waals surface area contributed by atoms with Gasteiger partial charge in [-0.3, -0.25) is 4.79 Å². The van der Waals surface area contributed by atoms with Crippen molar-refractivity contribution in [3.8, 4) is 11.5 Å². The molecular weight excluding hydrogens is 192 g/mol. The van der Waals surface area contributed by atoms with Gasteiger partial charge in [-0.2, -0.15) is 0 Å². The van der Waals surface area contributed by atoms with Crippen LogP contribution in [0.3, 0.4) is 0 Å². The first-order valence-electron chi connectivity index (χ1n) is 5.25. The van der Waals surface area contributed by atoms with Crippen LogP contribution < -0.4 is 4.74 Å². The van der Waals surface area contributed by atoms with Crippen LogP contribution in [0.4, 0.5) is 0 Å². The fourth-order valence-corrected chi connectivity index (χ4v) is 1.99. The predicted octanol–water partition coefficient (Wildman–Crippen LogP) is 2.31. The summed E-state index contributed by atoms with van der Waals surface area (Å²) in [5, 5.41) is 9.65. The van der Waals surface area contributed by atoms with Crippen molar-refractivity contribution in [2.45, 2.75) is 26.2 Å². The monoisotopic (exact) mass is 206 g/mol. The number of phenolic OH excluding ortho intramolecular Hbond substituents is 1. The van der Waals surface area contributed by atoms with E-state index in [1.807, 2.05) is 6.92 Å². The van der Waals surface area contributed by atoms with Crippen LogP contribution in [0.25, 0.3) is 0 Å². The lowest BCUT2D eigenvalue weighted by atomic mass is 9.90. The van der Waals surface area contributed by atoms with E-state index in [1.165, 1.54) is 6.07 Å². The predicted molar refractivity (Wildman–Crippen MR) is 56.5 cm³/mol. The van der Waals surface area contributed by atoms with Gasteiger partial charge in [0.2, 0.25) is 0 Å². The van der Waals surface area contributed by atoms with Crippen molar-refractivity contribution in [3.05, 3.63) is 23.3 Å². The third-order valence-corrected chi connectivity index (χ3v) is 2.66. The van der Waals surface area contributed by atoms with Crippen LogP contribution in [0.5, 0.6) is 11.5 Å². The molecule has 0 unspecified atom stereocenters.